The van der Waals surface area contributed by atoms with Crippen molar-refractivity contribution in [3.63, 3.8) is 0 Å². The first-order valence-corrected chi connectivity index (χ1v) is 12.2. The first kappa shape index (κ1) is 23.7. The summed E-state index contributed by atoms with van der Waals surface area (Å²) in [6.45, 7) is 8.38. The van der Waals surface area contributed by atoms with Crippen molar-refractivity contribution in [2.75, 3.05) is 24.5 Å². The molecule has 0 spiro atoms. The molecule has 0 aliphatic carbocycles. The number of hydrogen-bond donors (Lipinski definition) is 0. The van der Waals surface area contributed by atoms with E-state index < -0.39 is 0 Å². The van der Waals surface area contributed by atoms with Gasteiger partial charge in [0, 0.05) is 24.7 Å². The molecular formula is C28H30Cl2N2O. The van der Waals surface area contributed by atoms with Gasteiger partial charge in [0.1, 0.15) is 0 Å². The molecule has 3 nitrogen and oxygen atoms in total. The maximum Gasteiger partial charge on any atom is 0.227 e. The van der Waals surface area contributed by atoms with Crippen molar-refractivity contribution >= 4 is 34.8 Å². The van der Waals surface area contributed by atoms with Crippen LogP contribution in [0.3, 0.4) is 0 Å². The van der Waals surface area contributed by atoms with Crippen LogP contribution < -0.4 is 4.90 Å². The molecule has 1 heterocycles. The smallest absolute Gasteiger partial charge is 0.227 e. The van der Waals surface area contributed by atoms with Crippen LogP contribution in [0.5, 0.6) is 0 Å². The van der Waals surface area contributed by atoms with Crippen LogP contribution in [0.2, 0.25) is 10.0 Å². The Hall–Kier alpha value is -2.49. The molecule has 1 atom stereocenters. The summed E-state index contributed by atoms with van der Waals surface area (Å²) in [6.07, 6.45) is 0.414. The standard InChI is InChI=1S/C28H30Cl2N2O/c1-19(2)22-7-5-21(6-8-22)17-28(33)31-14-15-32(26-13-4-20(3)16-25(26)30)27(18-31)23-9-11-24(29)12-10-23/h4-13,16,19,27H,14-15,17-18H2,1-3H3. The molecule has 0 N–H and O–H groups in total. The van der Waals surface area contributed by atoms with Crippen molar-refractivity contribution in [1.82, 2.24) is 4.90 Å². The number of piperazine rings is 1. The number of nitrogens with zero attached hydrogens (tertiary/aromatic N) is 2. The van der Waals surface area contributed by atoms with Crippen molar-refractivity contribution in [1.29, 1.82) is 0 Å². The Morgan fingerprint density at radius 3 is 2.30 bits per heavy atom. The highest BCUT2D eigenvalue weighted by molar-refractivity contribution is 6.33. The van der Waals surface area contributed by atoms with Crippen LogP contribution in [0.15, 0.2) is 66.7 Å². The summed E-state index contributed by atoms with van der Waals surface area (Å²) in [5.41, 5.74) is 5.59. The topological polar surface area (TPSA) is 23.6 Å². The molecule has 0 radical (unpaired) electrons. The third kappa shape index (κ3) is 5.54. The predicted molar refractivity (Wildman–Crippen MR) is 139 cm³/mol. The van der Waals surface area contributed by atoms with E-state index in [1.165, 1.54) is 5.56 Å². The predicted octanol–water partition coefficient (Wildman–Crippen LogP) is 7.06. The fraction of sp³-hybridized carbons (Fsp3) is 0.321. The molecule has 0 saturated carbocycles. The zero-order valence-electron chi connectivity index (χ0n) is 19.4. The minimum Gasteiger partial charge on any atom is -0.360 e. The van der Waals surface area contributed by atoms with Crippen LogP contribution in [-0.2, 0) is 11.2 Å². The fourth-order valence-corrected chi connectivity index (χ4v) is 4.89. The molecule has 1 unspecified atom stereocenters. The summed E-state index contributed by atoms with van der Waals surface area (Å²) in [4.78, 5) is 17.5. The van der Waals surface area contributed by atoms with Gasteiger partial charge < -0.3 is 9.80 Å². The SMILES string of the molecule is Cc1ccc(N2CCN(C(=O)Cc3ccc(C(C)C)cc3)CC2c2ccc(Cl)cc2)c(Cl)c1. The Labute approximate surface area is 206 Å². The monoisotopic (exact) mass is 480 g/mol. The second-order valence-electron chi connectivity index (χ2n) is 9.13. The number of carbonyl (C=O) groups excluding carboxylic acids is 1. The van der Waals surface area contributed by atoms with Crippen LogP contribution in [0.1, 0.15) is 48.1 Å². The van der Waals surface area contributed by atoms with Gasteiger partial charge in [0.05, 0.1) is 23.2 Å². The zero-order chi connectivity index (χ0) is 23.5. The van der Waals surface area contributed by atoms with Gasteiger partial charge >= 0.3 is 0 Å². The lowest BCUT2D eigenvalue weighted by atomic mass is 9.99. The highest BCUT2D eigenvalue weighted by atomic mass is 35.5. The molecule has 172 valence electrons. The van der Waals surface area contributed by atoms with E-state index >= 15 is 0 Å². The van der Waals surface area contributed by atoms with Crippen molar-refractivity contribution in [3.05, 3.63) is 99.0 Å². The van der Waals surface area contributed by atoms with Crippen molar-refractivity contribution in [2.45, 2.75) is 39.2 Å². The van der Waals surface area contributed by atoms with Gasteiger partial charge in [0.15, 0.2) is 0 Å². The molecule has 1 saturated heterocycles. The number of anilines is 1. The lowest BCUT2D eigenvalue weighted by Crippen LogP contribution is -2.51. The van der Waals surface area contributed by atoms with Crippen LogP contribution in [0.4, 0.5) is 5.69 Å². The van der Waals surface area contributed by atoms with Gasteiger partial charge in [0.2, 0.25) is 5.91 Å². The number of rotatable bonds is 5. The Morgan fingerprint density at radius 2 is 1.67 bits per heavy atom. The summed E-state index contributed by atoms with van der Waals surface area (Å²) in [7, 11) is 0. The molecular weight excluding hydrogens is 451 g/mol. The third-order valence-corrected chi connectivity index (χ3v) is 6.96. The largest absolute Gasteiger partial charge is 0.360 e. The van der Waals surface area contributed by atoms with Crippen LogP contribution in [-0.4, -0.2) is 30.4 Å². The normalized spacial score (nSPS) is 16.4. The van der Waals surface area contributed by atoms with E-state index in [9.17, 15) is 4.79 Å². The van der Waals surface area contributed by atoms with Gasteiger partial charge in [-0.15, -0.1) is 0 Å². The average molecular weight is 481 g/mol. The van der Waals surface area contributed by atoms with E-state index in [0.717, 1.165) is 27.4 Å². The molecule has 4 rings (SSSR count). The quantitative estimate of drug-likeness (QED) is 0.390. The lowest BCUT2D eigenvalue weighted by molar-refractivity contribution is -0.131. The lowest BCUT2D eigenvalue weighted by Gasteiger charge is -2.43. The van der Waals surface area contributed by atoms with Crippen molar-refractivity contribution < 1.29 is 4.79 Å². The molecule has 3 aromatic rings. The van der Waals surface area contributed by atoms with E-state index in [1.807, 2.05) is 42.2 Å². The highest BCUT2D eigenvalue weighted by Crippen LogP contribution is 2.36. The summed E-state index contributed by atoms with van der Waals surface area (Å²) in [5, 5.41) is 1.44. The zero-order valence-corrected chi connectivity index (χ0v) is 20.9. The fourth-order valence-electron chi connectivity index (χ4n) is 4.42. The molecule has 0 bridgehead atoms. The van der Waals surface area contributed by atoms with Crippen molar-refractivity contribution in [2.24, 2.45) is 0 Å². The summed E-state index contributed by atoms with van der Waals surface area (Å²) < 4.78 is 0. The van der Waals surface area contributed by atoms with Gasteiger partial charge in [-0.1, -0.05) is 79.5 Å². The van der Waals surface area contributed by atoms with E-state index in [0.29, 0.717) is 37.0 Å². The Morgan fingerprint density at radius 1 is 0.970 bits per heavy atom. The first-order valence-electron chi connectivity index (χ1n) is 11.5. The number of benzene rings is 3. The molecule has 1 aliphatic heterocycles. The van der Waals surface area contributed by atoms with Gasteiger partial charge in [-0.3, -0.25) is 4.79 Å². The van der Waals surface area contributed by atoms with Crippen LogP contribution in [0, 0.1) is 6.92 Å². The number of hydrogen-bond acceptors (Lipinski definition) is 2. The average Bonchev–Trinajstić information content (AvgIpc) is 2.80. The van der Waals surface area contributed by atoms with Gasteiger partial charge in [-0.25, -0.2) is 0 Å². The molecule has 1 amide bonds. The minimum atomic E-state index is 0.00323. The molecule has 1 aliphatic rings. The second-order valence-corrected chi connectivity index (χ2v) is 9.97. The van der Waals surface area contributed by atoms with E-state index in [4.69, 9.17) is 23.2 Å². The van der Waals surface area contributed by atoms with Crippen molar-refractivity contribution in [3.8, 4) is 0 Å². The Bertz CT molecular complexity index is 1110. The number of halogens is 2. The van der Waals surface area contributed by atoms with Gasteiger partial charge in [-0.05, 0) is 59.4 Å². The summed E-state index contributed by atoms with van der Waals surface area (Å²) >= 11 is 12.8. The van der Waals surface area contributed by atoms with E-state index in [2.05, 4.69) is 55.1 Å². The maximum absolute atomic E-state index is 13.2. The van der Waals surface area contributed by atoms with Gasteiger partial charge in [0.25, 0.3) is 0 Å². The Kier molecular flexibility index (Phi) is 7.31. The Balaban J connectivity index is 1.56. The van der Waals surface area contributed by atoms with E-state index in [1.54, 1.807) is 0 Å². The minimum absolute atomic E-state index is 0.00323. The first-order chi connectivity index (χ1) is 15.8. The number of amides is 1. The number of carbonyl (C=O) groups is 1. The molecule has 33 heavy (non-hydrogen) atoms. The van der Waals surface area contributed by atoms with E-state index in [-0.39, 0.29) is 11.9 Å². The third-order valence-electron chi connectivity index (χ3n) is 6.40. The second kappa shape index (κ2) is 10.2. The van der Waals surface area contributed by atoms with Crippen LogP contribution >= 0.6 is 23.2 Å². The highest BCUT2D eigenvalue weighted by Gasteiger charge is 2.31. The number of aryl methyl sites for hydroxylation is 1. The molecule has 3 aromatic carbocycles. The molecule has 0 aromatic heterocycles. The summed E-state index contributed by atoms with van der Waals surface area (Å²) in [5.74, 6) is 0.637. The van der Waals surface area contributed by atoms with Gasteiger partial charge in [-0.2, -0.15) is 0 Å². The summed E-state index contributed by atoms with van der Waals surface area (Å²) in [6, 6.07) is 22.5. The molecule has 1 fully saturated rings. The van der Waals surface area contributed by atoms with Crippen LogP contribution in [0.25, 0.3) is 0 Å². The molecule has 5 heteroatoms. The maximum atomic E-state index is 13.2.